The third-order valence-electron chi connectivity index (χ3n) is 4.74. The van der Waals surface area contributed by atoms with E-state index in [0.29, 0.717) is 11.3 Å². The van der Waals surface area contributed by atoms with Crippen LogP contribution in [-0.4, -0.2) is 39.1 Å². The van der Waals surface area contributed by atoms with Crippen LogP contribution in [0.2, 0.25) is 0 Å². The Morgan fingerprint density at radius 2 is 1.79 bits per heavy atom. The van der Waals surface area contributed by atoms with Crippen LogP contribution < -0.4 is 14.5 Å². The van der Waals surface area contributed by atoms with E-state index in [4.69, 9.17) is 4.74 Å². The number of sulfonamides is 1. The van der Waals surface area contributed by atoms with Crippen LogP contribution in [-0.2, 0) is 14.8 Å². The van der Waals surface area contributed by atoms with Crippen molar-refractivity contribution in [3.8, 4) is 5.75 Å². The number of amides is 1. The summed E-state index contributed by atoms with van der Waals surface area (Å²) in [6.07, 6.45) is 1.21. The third-order valence-corrected chi connectivity index (χ3v) is 6.53. The molecule has 0 radical (unpaired) electrons. The fourth-order valence-corrected chi connectivity index (χ4v) is 4.46. The number of methoxy groups -OCH3 is 1. The highest BCUT2D eigenvalue weighted by Crippen LogP contribution is 2.27. The molecule has 0 spiro atoms. The van der Waals surface area contributed by atoms with Crippen molar-refractivity contribution in [1.82, 2.24) is 5.43 Å². The molecule has 0 bridgehead atoms. The normalized spacial score (nSPS) is 11.2. The Kier molecular flexibility index (Phi) is 7.59. The number of carbonyl (C=O) groups is 1. The summed E-state index contributed by atoms with van der Waals surface area (Å²) < 4.78 is 32.4. The van der Waals surface area contributed by atoms with Crippen molar-refractivity contribution in [3.05, 3.63) is 94.0 Å². The van der Waals surface area contributed by atoms with E-state index in [9.17, 15) is 23.3 Å². The number of aryl methyl sites for hydroxylation is 1. The van der Waals surface area contributed by atoms with E-state index >= 15 is 0 Å². The van der Waals surface area contributed by atoms with E-state index in [2.05, 4.69) is 10.5 Å². The molecule has 0 saturated carbocycles. The van der Waals surface area contributed by atoms with Crippen LogP contribution >= 0.6 is 0 Å². The molecule has 176 valence electrons. The lowest BCUT2D eigenvalue weighted by atomic mass is 10.2. The van der Waals surface area contributed by atoms with Crippen LogP contribution in [0.3, 0.4) is 0 Å². The molecule has 0 aliphatic rings. The highest BCUT2D eigenvalue weighted by Gasteiger charge is 2.27. The summed E-state index contributed by atoms with van der Waals surface area (Å²) in [4.78, 5) is 23.2. The summed E-state index contributed by atoms with van der Waals surface area (Å²) in [6.45, 7) is 1.34. The fourth-order valence-electron chi connectivity index (χ4n) is 3.02. The molecular formula is C23H22N4O6S. The maximum Gasteiger partial charge on any atom is 0.311 e. The van der Waals surface area contributed by atoms with Gasteiger partial charge in [0.05, 0.1) is 28.8 Å². The van der Waals surface area contributed by atoms with Gasteiger partial charge in [0.1, 0.15) is 6.54 Å². The first-order valence-electron chi connectivity index (χ1n) is 10.0. The number of hydrogen-bond acceptors (Lipinski definition) is 7. The van der Waals surface area contributed by atoms with Crippen molar-refractivity contribution in [2.45, 2.75) is 11.8 Å². The summed E-state index contributed by atoms with van der Waals surface area (Å²) in [5.74, 6) is -0.606. The van der Waals surface area contributed by atoms with Crippen LogP contribution in [0.25, 0.3) is 0 Å². The molecule has 0 aromatic heterocycles. The van der Waals surface area contributed by atoms with Crippen LogP contribution in [0.5, 0.6) is 5.75 Å². The van der Waals surface area contributed by atoms with Gasteiger partial charge < -0.3 is 4.74 Å². The predicted molar refractivity (Wildman–Crippen MR) is 128 cm³/mol. The largest absolute Gasteiger partial charge is 0.490 e. The molecule has 0 aliphatic heterocycles. The Hall–Kier alpha value is -4.25. The monoisotopic (exact) mass is 482 g/mol. The van der Waals surface area contributed by atoms with E-state index in [1.165, 1.54) is 43.7 Å². The number of hydrogen-bond donors (Lipinski definition) is 1. The lowest BCUT2D eigenvalue weighted by Gasteiger charge is -2.23. The van der Waals surface area contributed by atoms with Gasteiger partial charge in [0.2, 0.25) is 0 Å². The van der Waals surface area contributed by atoms with Gasteiger partial charge in [-0.3, -0.25) is 19.2 Å². The minimum Gasteiger partial charge on any atom is -0.490 e. The number of benzene rings is 3. The zero-order chi connectivity index (χ0) is 24.7. The van der Waals surface area contributed by atoms with Gasteiger partial charge >= 0.3 is 5.69 Å². The Labute approximate surface area is 196 Å². The summed E-state index contributed by atoms with van der Waals surface area (Å²) in [5.41, 5.74) is 3.61. The minimum atomic E-state index is -4.03. The Morgan fingerprint density at radius 3 is 2.41 bits per heavy atom. The number of ether oxygens (including phenoxy) is 1. The standard InChI is InChI=1S/C23H22N4O6S/c1-17-8-11-19(12-9-17)26(34(31,32)20-6-4-3-5-7-20)16-23(28)25-24-15-18-10-13-22(33-2)21(14-18)27(29)30/h3-15H,16H2,1-2H3,(H,25,28)/b24-15-. The van der Waals surface area contributed by atoms with Crippen molar-refractivity contribution in [2.75, 3.05) is 18.0 Å². The van der Waals surface area contributed by atoms with Gasteiger partial charge in [0.15, 0.2) is 5.75 Å². The predicted octanol–water partition coefficient (Wildman–Crippen LogP) is 3.26. The molecule has 34 heavy (non-hydrogen) atoms. The first-order chi connectivity index (χ1) is 16.2. The minimum absolute atomic E-state index is 0.0393. The molecule has 1 N–H and O–H groups in total. The van der Waals surface area contributed by atoms with Gasteiger partial charge in [-0.05, 0) is 43.3 Å². The average Bonchev–Trinajstić information content (AvgIpc) is 2.83. The average molecular weight is 483 g/mol. The lowest BCUT2D eigenvalue weighted by Crippen LogP contribution is -2.39. The van der Waals surface area contributed by atoms with Crippen molar-refractivity contribution < 1.29 is 22.9 Å². The number of nitrogens with one attached hydrogen (secondary N) is 1. The molecule has 0 fully saturated rings. The molecule has 11 heteroatoms. The van der Waals surface area contributed by atoms with Gasteiger partial charge in [-0.2, -0.15) is 5.10 Å². The molecule has 10 nitrogen and oxygen atoms in total. The summed E-state index contributed by atoms with van der Waals surface area (Å²) >= 11 is 0. The smallest absolute Gasteiger partial charge is 0.311 e. The quantitative estimate of drug-likeness (QED) is 0.283. The molecule has 0 saturated heterocycles. The number of nitrogens with zero attached hydrogens (tertiary/aromatic N) is 3. The molecule has 3 rings (SSSR count). The lowest BCUT2D eigenvalue weighted by molar-refractivity contribution is -0.385. The Bertz CT molecular complexity index is 1310. The Morgan fingerprint density at radius 1 is 1.12 bits per heavy atom. The van der Waals surface area contributed by atoms with E-state index < -0.39 is 27.4 Å². The van der Waals surface area contributed by atoms with Gasteiger partial charge in [0, 0.05) is 11.6 Å². The number of hydrazone groups is 1. The highest BCUT2D eigenvalue weighted by molar-refractivity contribution is 7.92. The van der Waals surface area contributed by atoms with Crippen molar-refractivity contribution in [3.63, 3.8) is 0 Å². The third kappa shape index (κ3) is 5.75. The maximum atomic E-state index is 13.2. The number of anilines is 1. The molecule has 1 amide bonds. The molecule has 0 unspecified atom stereocenters. The SMILES string of the molecule is COc1ccc(/C=N\NC(=O)CN(c2ccc(C)cc2)S(=O)(=O)c2ccccc2)cc1[N+](=O)[O-]. The molecule has 3 aromatic rings. The first-order valence-corrected chi connectivity index (χ1v) is 11.4. The maximum absolute atomic E-state index is 13.2. The van der Waals surface area contributed by atoms with E-state index in [1.807, 2.05) is 6.92 Å². The summed E-state index contributed by atoms with van der Waals surface area (Å²) in [6, 6.07) is 18.7. The van der Waals surface area contributed by atoms with Crippen LogP contribution in [0.1, 0.15) is 11.1 Å². The Balaban J connectivity index is 1.81. The van der Waals surface area contributed by atoms with Crippen molar-refractivity contribution in [1.29, 1.82) is 0 Å². The number of nitro groups is 1. The molecule has 0 aliphatic carbocycles. The van der Waals surface area contributed by atoms with Gasteiger partial charge in [-0.15, -0.1) is 0 Å². The first kappa shape index (κ1) is 24.4. The molecule has 3 aromatic carbocycles. The second-order valence-electron chi connectivity index (χ2n) is 7.14. The van der Waals surface area contributed by atoms with Crippen LogP contribution in [0.15, 0.2) is 82.8 Å². The van der Waals surface area contributed by atoms with E-state index in [1.54, 1.807) is 42.5 Å². The van der Waals surface area contributed by atoms with Crippen molar-refractivity contribution >= 4 is 33.5 Å². The van der Waals surface area contributed by atoms with Crippen LogP contribution in [0.4, 0.5) is 11.4 Å². The highest BCUT2D eigenvalue weighted by atomic mass is 32.2. The van der Waals surface area contributed by atoms with Gasteiger partial charge in [-0.1, -0.05) is 35.9 Å². The van der Waals surface area contributed by atoms with Crippen LogP contribution in [0, 0.1) is 17.0 Å². The summed E-state index contributed by atoms with van der Waals surface area (Å²) in [5, 5.41) is 15.0. The van der Waals surface area contributed by atoms with Gasteiger partial charge in [0.25, 0.3) is 15.9 Å². The zero-order valence-electron chi connectivity index (χ0n) is 18.4. The van der Waals surface area contributed by atoms with E-state index in [-0.39, 0.29) is 16.3 Å². The fraction of sp³-hybridized carbons (Fsp3) is 0.130. The van der Waals surface area contributed by atoms with Crippen molar-refractivity contribution in [2.24, 2.45) is 5.10 Å². The number of nitro benzene ring substituents is 1. The molecule has 0 heterocycles. The number of rotatable bonds is 9. The molecular weight excluding hydrogens is 460 g/mol. The second-order valence-corrected chi connectivity index (χ2v) is 9.00. The molecule has 0 atom stereocenters. The number of carbonyl (C=O) groups excluding carboxylic acids is 1. The van der Waals surface area contributed by atoms with Gasteiger partial charge in [-0.25, -0.2) is 13.8 Å². The zero-order valence-corrected chi connectivity index (χ0v) is 19.2. The topological polar surface area (TPSA) is 131 Å². The second kappa shape index (κ2) is 10.6. The summed E-state index contributed by atoms with van der Waals surface area (Å²) in [7, 11) is -2.71. The van der Waals surface area contributed by atoms with E-state index in [0.717, 1.165) is 9.87 Å².